The summed E-state index contributed by atoms with van der Waals surface area (Å²) in [6, 6.07) is -0.397. The van der Waals surface area contributed by atoms with Gasteiger partial charge in [0.25, 0.3) is 0 Å². The fourth-order valence-corrected chi connectivity index (χ4v) is 3.25. The van der Waals surface area contributed by atoms with E-state index in [2.05, 4.69) is 0 Å². The molecule has 2 rings (SSSR count). The molecule has 1 saturated heterocycles. The number of nitrogens with two attached hydrogens (primary N) is 1. The Kier molecular flexibility index (Phi) is 3.90. The standard InChI is InChI=1S/C13H22N2O3/c1-18-11(16)10-5-4-8-15(10)12(17)13(9-14)6-2-3-7-13/h10H,2-9,14H2,1H3. The van der Waals surface area contributed by atoms with E-state index >= 15 is 0 Å². The number of amides is 1. The van der Waals surface area contributed by atoms with Crippen molar-refractivity contribution < 1.29 is 14.3 Å². The van der Waals surface area contributed by atoms with Gasteiger partial charge in [0.15, 0.2) is 0 Å². The van der Waals surface area contributed by atoms with Crippen LogP contribution in [0.1, 0.15) is 38.5 Å². The summed E-state index contributed by atoms with van der Waals surface area (Å²) in [5, 5.41) is 0. The van der Waals surface area contributed by atoms with Gasteiger partial charge in [0.05, 0.1) is 12.5 Å². The zero-order valence-electron chi connectivity index (χ0n) is 11.0. The topological polar surface area (TPSA) is 72.6 Å². The van der Waals surface area contributed by atoms with Crippen LogP contribution in [0.3, 0.4) is 0 Å². The summed E-state index contributed by atoms with van der Waals surface area (Å²) >= 11 is 0. The molecule has 1 aliphatic carbocycles. The number of methoxy groups -OCH3 is 1. The van der Waals surface area contributed by atoms with Gasteiger partial charge in [-0.15, -0.1) is 0 Å². The van der Waals surface area contributed by atoms with Gasteiger partial charge in [0, 0.05) is 13.1 Å². The summed E-state index contributed by atoms with van der Waals surface area (Å²) in [6.07, 6.45) is 5.39. The van der Waals surface area contributed by atoms with E-state index in [1.807, 2.05) is 0 Å². The van der Waals surface area contributed by atoms with Crippen molar-refractivity contribution in [3.05, 3.63) is 0 Å². The van der Waals surface area contributed by atoms with E-state index in [4.69, 9.17) is 10.5 Å². The minimum absolute atomic E-state index is 0.0652. The normalized spacial score (nSPS) is 26.3. The van der Waals surface area contributed by atoms with Crippen LogP contribution in [-0.2, 0) is 14.3 Å². The van der Waals surface area contributed by atoms with E-state index in [0.717, 1.165) is 32.1 Å². The molecule has 102 valence electrons. The highest BCUT2D eigenvalue weighted by Gasteiger charge is 2.46. The first-order chi connectivity index (χ1) is 8.64. The number of ether oxygens (including phenoxy) is 1. The van der Waals surface area contributed by atoms with Crippen LogP contribution >= 0.6 is 0 Å². The van der Waals surface area contributed by atoms with Gasteiger partial charge in [-0.05, 0) is 25.7 Å². The van der Waals surface area contributed by atoms with Crippen molar-refractivity contribution in [2.24, 2.45) is 11.1 Å². The second-order valence-corrected chi connectivity index (χ2v) is 5.37. The molecule has 2 aliphatic rings. The van der Waals surface area contributed by atoms with Crippen LogP contribution in [0.15, 0.2) is 0 Å². The first kappa shape index (κ1) is 13.3. The van der Waals surface area contributed by atoms with Gasteiger partial charge in [-0.1, -0.05) is 12.8 Å². The molecule has 1 atom stereocenters. The molecule has 1 amide bonds. The summed E-state index contributed by atoms with van der Waals surface area (Å²) in [7, 11) is 1.37. The van der Waals surface area contributed by atoms with E-state index in [1.165, 1.54) is 7.11 Å². The molecule has 1 aliphatic heterocycles. The second kappa shape index (κ2) is 5.26. The minimum atomic E-state index is -0.420. The van der Waals surface area contributed by atoms with Crippen LogP contribution in [0.25, 0.3) is 0 Å². The molecule has 2 fully saturated rings. The number of esters is 1. The Morgan fingerprint density at radius 2 is 2.00 bits per heavy atom. The maximum atomic E-state index is 12.7. The predicted octanol–water partition coefficient (Wildman–Crippen LogP) is 0.669. The van der Waals surface area contributed by atoms with Gasteiger partial charge in [0.2, 0.25) is 5.91 Å². The van der Waals surface area contributed by atoms with Gasteiger partial charge in [-0.2, -0.15) is 0 Å². The highest BCUT2D eigenvalue weighted by atomic mass is 16.5. The summed E-state index contributed by atoms with van der Waals surface area (Å²) in [5.74, 6) is -0.235. The smallest absolute Gasteiger partial charge is 0.328 e. The Bertz CT molecular complexity index is 337. The molecule has 0 radical (unpaired) electrons. The average Bonchev–Trinajstić information content (AvgIpc) is 3.06. The van der Waals surface area contributed by atoms with Gasteiger partial charge in [0.1, 0.15) is 6.04 Å². The summed E-state index contributed by atoms with van der Waals surface area (Å²) in [6.45, 7) is 1.04. The van der Waals surface area contributed by atoms with Crippen molar-refractivity contribution in [3.8, 4) is 0 Å². The Morgan fingerprint density at radius 3 is 2.56 bits per heavy atom. The molecule has 1 unspecified atom stereocenters. The quantitative estimate of drug-likeness (QED) is 0.751. The van der Waals surface area contributed by atoms with Gasteiger partial charge in [-0.3, -0.25) is 4.79 Å². The van der Waals surface area contributed by atoms with Crippen LogP contribution in [0.5, 0.6) is 0 Å². The van der Waals surface area contributed by atoms with Gasteiger partial charge in [-0.25, -0.2) is 4.79 Å². The Balaban J connectivity index is 2.14. The Hall–Kier alpha value is -1.10. The fraction of sp³-hybridized carbons (Fsp3) is 0.846. The highest BCUT2D eigenvalue weighted by molar-refractivity contribution is 5.89. The molecule has 18 heavy (non-hydrogen) atoms. The lowest BCUT2D eigenvalue weighted by atomic mass is 9.84. The third kappa shape index (κ3) is 2.11. The molecule has 2 N–H and O–H groups in total. The van der Waals surface area contributed by atoms with Crippen LogP contribution in [0.4, 0.5) is 0 Å². The van der Waals surface area contributed by atoms with Crippen molar-refractivity contribution in [2.75, 3.05) is 20.2 Å². The lowest BCUT2D eigenvalue weighted by Gasteiger charge is -2.33. The summed E-state index contributed by atoms with van der Waals surface area (Å²) in [4.78, 5) is 26.1. The molecule has 0 spiro atoms. The SMILES string of the molecule is COC(=O)C1CCCN1C(=O)C1(CN)CCCC1. The van der Waals surface area contributed by atoms with Crippen LogP contribution in [0, 0.1) is 5.41 Å². The molecule has 0 aromatic heterocycles. The van der Waals surface area contributed by atoms with E-state index < -0.39 is 11.5 Å². The van der Waals surface area contributed by atoms with Crippen LogP contribution in [0.2, 0.25) is 0 Å². The van der Waals surface area contributed by atoms with Crippen molar-refractivity contribution in [2.45, 2.75) is 44.6 Å². The fourth-order valence-electron chi connectivity index (χ4n) is 3.25. The maximum absolute atomic E-state index is 12.7. The van der Waals surface area contributed by atoms with Crippen molar-refractivity contribution in [3.63, 3.8) is 0 Å². The molecule has 1 heterocycles. The van der Waals surface area contributed by atoms with Crippen LogP contribution < -0.4 is 5.73 Å². The Morgan fingerprint density at radius 1 is 1.33 bits per heavy atom. The third-order valence-corrected chi connectivity index (χ3v) is 4.39. The van der Waals surface area contributed by atoms with Crippen molar-refractivity contribution in [1.29, 1.82) is 0 Å². The van der Waals surface area contributed by atoms with E-state index in [1.54, 1.807) is 4.90 Å². The minimum Gasteiger partial charge on any atom is -0.467 e. The zero-order chi connectivity index (χ0) is 13.2. The zero-order valence-corrected chi connectivity index (χ0v) is 11.0. The monoisotopic (exact) mass is 254 g/mol. The average molecular weight is 254 g/mol. The highest BCUT2D eigenvalue weighted by Crippen LogP contribution is 2.40. The first-order valence-electron chi connectivity index (χ1n) is 6.73. The molecule has 0 aromatic rings. The number of nitrogens with zero attached hydrogens (tertiary/aromatic N) is 1. The number of rotatable bonds is 3. The van der Waals surface area contributed by atoms with Crippen LogP contribution in [-0.4, -0.2) is 43.0 Å². The number of hydrogen-bond donors (Lipinski definition) is 1. The molecule has 0 bridgehead atoms. The van der Waals surface area contributed by atoms with E-state index in [9.17, 15) is 9.59 Å². The summed E-state index contributed by atoms with van der Waals surface area (Å²) < 4.78 is 4.78. The molecular formula is C13H22N2O3. The Labute approximate surface area is 108 Å². The number of likely N-dealkylation sites (tertiary alicyclic amines) is 1. The third-order valence-electron chi connectivity index (χ3n) is 4.39. The molecule has 0 aromatic carbocycles. The van der Waals surface area contributed by atoms with E-state index in [-0.39, 0.29) is 11.9 Å². The maximum Gasteiger partial charge on any atom is 0.328 e. The summed E-state index contributed by atoms with van der Waals surface area (Å²) in [5.41, 5.74) is 5.41. The number of hydrogen-bond acceptors (Lipinski definition) is 4. The number of carbonyl (C=O) groups is 2. The predicted molar refractivity (Wildman–Crippen MR) is 66.7 cm³/mol. The molecule has 1 saturated carbocycles. The second-order valence-electron chi connectivity index (χ2n) is 5.37. The van der Waals surface area contributed by atoms with Gasteiger partial charge >= 0.3 is 5.97 Å². The van der Waals surface area contributed by atoms with Gasteiger partial charge < -0.3 is 15.4 Å². The largest absolute Gasteiger partial charge is 0.467 e. The lowest BCUT2D eigenvalue weighted by molar-refractivity contribution is -0.154. The molecular weight excluding hydrogens is 232 g/mol. The van der Waals surface area contributed by atoms with Crippen molar-refractivity contribution >= 4 is 11.9 Å². The number of carbonyl (C=O) groups excluding carboxylic acids is 2. The van der Waals surface area contributed by atoms with Crippen molar-refractivity contribution in [1.82, 2.24) is 4.90 Å². The molecule has 5 heteroatoms. The molecule has 5 nitrogen and oxygen atoms in total. The lowest BCUT2D eigenvalue weighted by Crippen LogP contribution is -2.50. The first-order valence-corrected chi connectivity index (χ1v) is 6.73. The van der Waals surface area contributed by atoms with E-state index in [0.29, 0.717) is 19.5 Å².